The highest BCUT2D eigenvalue weighted by molar-refractivity contribution is 5.60. The van der Waals surface area contributed by atoms with Gasteiger partial charge in [-0.1, -0.05) is 6.07 Å². The molecule has 0 fully saturated rings. The normalized spacial score (nSPS) is 12.3. The highest BCUT2D eigenvalue weighted by atomic mass is 16.1. The van der Waals surface area contributed by atoms with Crippen LogP contribution in [0.1, 0.15) is 11.7 Å². The van der Waals surface area contributed by atoms with Crippen molar-refractivity contribution in [2.45, 2.75) is 6.04 Å². The Bertz CT molecular complexity index is 397. The Kier molecular flexibility index (Phi) is 2.36. The Morgan fingerprint density at radius 3 is 2.86 bits per heavy atom. The molecule has 0 N–H and O–H groups in total. The maximum absolute atomic E-state index is 10.9. The number of hydrogen-bond donors (Lipinski definition) is 0. The molecule has 0 amide bonds. The molecule has 2 heterocycles. The fourth-order valence-electron chi connectivity index (χ4n) is 1.28. The molecule has 4 nitrogen and oxygen atoms in total. The number of aromatic nitrogens is 3. The number of pyridine rings is 1. The molecule has 70 valence electrons. The van der Waals surface area contributed by atoms with E-state index >= 15 is 0 Å². The first-order valence-electron chi connectivity index (χ1n) is 4.25. The van der Waals surface area contributed by atoms with Gasteiger partial charge in [0.2, 0.25) is 0 Å². The van der Waals surface area contributed by atoms with Crippen molar-refractivity contribution < 1.29 is 4.79 Å². The summed E-state index contributed by atoms with van der Waals surface area (Å²) in [5.74, 6) is 0. The zero-order valence-electron chi connectivity index (χ0n) is 7.45. The second kappa shape index (κ2) is 3.83. The van der Waals surface area contributed by atoms with E-state index in [4.69, 9.17) is 0 Å². The molecular weight excluding hydrogens is 178 g/mol. The Hall–Kier alpha value is -1.97. The van der Waals surface area contributed by atoms with Crippen molar-refractivity contribution in [3.8, 4) is 0 Å². The first-order valence-corrected chi connectivity index (χ1v) is 4.25. The van der Waals surface area contributed by atoms with Crippen LogP contribution < -0.4 is 0 Å². The molecule has 0 saturated carbocycles. The van der Waals surface area contributed by atoms with E-state index < -0.39 is 0 Å². The Labute approximate surface area is 81.2 Å². The van der Waals surface area contributed by atoms with Crippen molar-refractivity contribution in [1.29, 1.82) is 0 Å². The van der Waals surface area contributed by atoms with Crippen LogP contribution in [0.5, 0.6) is 0 Å². The fourth-order valence-corrected chi connectivity index (χ4v) is 1.28. The average Bonchev–Trinajstić information content (AvgIpc) is 2.74. The molecule has 2 aromatic rings. The van der Waals surface area contributed by atoms with Gasteiger partial charge in [0, 0.05) is 18.6 Å². The number of nitrogens with zero attached hydrogens (tertiary/aromatic N) is 3. The summed E-state index contributed by atoms with van der Waals surface area (Å²) >= 11 is 0. The minimum absolute atomic E-state index is 0.376. The van der Waals surface area contributed by atoms with Gasteiger partial charge in [0.05, 0.1) is 12.0 Å². The smallest absolute Gasteiger partial charge is 0.148 e. The topological polar surface area (TPSA) is 47.8 Å². The van der Waals surface area contributed by atoms with Gasteiger partial charge in [0.1, 0.15) is 12.3 Å². The number of rotatable bonds is 3. The van der Waals surface area contributed by atoms with Gasteiger partial charge in [-0.15, -0.1) is 0 Å². The number of hydrogen-bond acceptors (Lipinski definition) is 3. The Morgan fingerprint density at radius 1 is 1.36 bits per heavy atom. The third-order valence-electron chi connectivity index (χ3n) is 1.97. The van der Waals surface area contributed by atoms with Crippen LogP contribution in [-0.2, 0) is 4.79 Å². The summed E-state index contributed by atoms with van der Waals surface area (Å²) in [6.07, 6.45) is 7.51. The van der Waals surface area contributed by atoms with E-state index in [0.717, 1.165) is 12.0 Å². The van der Waals surface area contributed by atoms with Crippen molar-refractivity contribution in [2.24, 2.45) is 0 Å². The third kappa shape index (κ3) is 1.54. The summed E-state index contributed by atoms with van der Waals surface area (Å²) in [7, 11) is 0. The molecule has 1 atom stereocenters. The molecule has 0 aliphatic heterocycles. The van der Waals surface area contributed by atoms with Gasteiger partial charge >= 0.3 is 0 Å². The standard InChI is InChI=1S/C10H9N3O/c14-7-10(13-6-5-11-8-13)9-3-1-2-4-12-9/h1-8,10H. The van der Waals surface area contributed by atoms with Crippen LogP contribution in [0.2, 0.25) is 0 Å². The van der Waals surface area contributed by atoms with Crippen molar-refractivity contribution in [3.63, 3.8) is 0 Å². The second-order valence-electron chi connectivity index (χ2n) is 2.85. The Morgan fingerprint density at radius 2 is 2.29 bits per heavy atom. The molecule has 0 bridgehead atoms. The number of imidazole rings is 1. The van der Waals surface area contributed by atoms with Crippen molar-refractivity contribution in [1.82, 2.24) is 14.5 Å². The molecule has 2 rings (SSSR count). The molecule has 0 aliphatic carbocycles. The van der Waals surface area contributed by atoms with Crippen molar-refractivity contribution in [2.75, 3.05) is 0 Å². The van der Waals surface area contributed by atoms with Crippen molar-refractivity contribution >= 4 is 6.29 Å². The van der Waals surface area contributed by atoms with Crippen LogP contribution in [-0.4, -0.2) is 20.8 Å². The van der Waals surface area contributed by atoms with Gasteiger partial charge in [0.25, 0.3) is 0 Å². The Balaban J connectivity index is 2.36. The molecule has 2 aromatic heterocycles. The second-order valence-corrected chi connectivity index (χ2v) is 2.85. The lowest BCUT2D eigenvalue weighted by Gasteiger charge is -2.09. The molecule has 0 aromatic carbocycles. The van der Waals surface area contributed by atoms with Gasteiger partial charge in [-0.3, -0.25) is 4.98 Å². The first kappa shape index (κ1) is 8.62. The number of aldehydes is 1. The monoisotopic (exact) mass is 187 g/mol. The van der Waals surface area contributed by atoms with E-state index in [2.05, 4.69) is 9.97 Å². The summed E-state index contributed by atoms with van der Waals surface area (Å²) < 4.78 is 1.72. The van der Waals surface area contributed by atoms with E-state index in [-0.39, 0.29) is 6.04 Å². The summed E-state index contributed by atoms with van der Waals surface area (Å²) in [5.41, 5.74) is 0.723. The van der Waals surface area contributed by atoms with E-state index in [0.29, 0.717) is 0 Å². The van der Waals surface area contributed by atoms with Crippen LogP contribution in [0.3, 0.4) is 0 Å². The van der Waals surface area contributed by atoms with Crippen molar-refractivity contribution in [3.05, 3.63) is 48.8 Å². The van der Waals surface area contributed by atoms with Gasteiger partial charge in [-0.05, 0) is 12.1 Å². The minimum Gasteiger partial charge on any atom is -0.322 e. The largest absolute Gasteiger partial charge is 0.322 e. The van der Waals surface area contributed by atoms with Gasteiger partial charge < -0.3 is 9.36 Å². The van der Waals surface area contributed by atoms with Gasteiger partial charge in [-0.25, -0.2) is 4.98 Å². The highest BCUT2D eigenvalue weighted by Crippen LogP contribution is 2.11. The molecule has 1 unspecified atom stereocenters. The lowest BCUT2D eigenvalue weighted by atomic mass is 10.2. The van der Waals surface area contributed by atoms with Gasteiger partial charge in [-0.2, -0.15) is 0 Å². The predicted octanol–water partition coefficient (Wildman–Crippen LogP) is 1.07. The molecule has 0 radical (unpaired) electrons. The molecule has 0 aliphatic rings. The van der Waals surface area contributed by atoms with E-state index in [9.17, 15) is 4.79 Å². The number of carbonyl (C=O) groups excluding carboxylic acids is 1. The lowest BCUT2D eigenvalue weighted by Crippen LogP contribution is -2.11. The van der Waals surface area contributed by atoms with Crippen LogP contribution in [0, 0.1) is 0 Å². The van der Waals surface area contributed by atoms with E-state index in [1.165, 1.54) is 0 Å². The molecule has 0 spiro atoms. The van der Waals surface area contributed by atoms with Gasteiger partial charge in [0.15, 0.2) is 0 Å². The summed E-state index contributed by atoms with van der Waals surface area (Å²) in [5, 5.41) is 0. The highest BCUT2D eigenvalue weighted by Gasteiger charge is 2.11. The molecular formula is C10H9N3O. The maximum Gasteiger partial charge on any atom is 0.148 e. The molecule has 14 heavy (non-hydrogen) atoms. The number of carbonyl (C=O) groups is 1. The maximum atomic E-state index is 10.9. The zero-order valence-corrected chi connectivity index (χ0v) is 7.45. The van der Waals surface area contributed by atoms with E-state index in [1.807, 2.05) is 18.2 Å². The predicted molar refractivity (Wildman–Crippen MR) is 50.7 cm³/mol. The summed E-state index contributed by atoms with van der Waals surface area (Å²) in [4.78, 5) is 18.9. The third-order valence-corrected chi connectivity index (χ3v) is 1.97. The first-order chi connectivity index (χ1) is 6.92. The quantitative estimate of drug-likeness (QED) is 0.675. The average molecular weight is 187 g/mol. The molecule has 0 saturated heterocycles. The SMILES string of the molecule is O=CC(c1ccccn1)n1ccnc1. The lowest BCUT2D eigenvalue weighted by molar-refractivity contribution is -0.109. The van der Waals surface area contributed by atoms with Crippen LogP contribution in [0.4, 0.5) is 0 Å². The van der Waals surface area contributed by atoms with Crippen LogP contribution >= 0.6 is 0 Å². The minimum atomic E-state index is -0.376. The molecule has 4 heteroatoms. The summed E-state index contributed by atoms with van der Waals surface area (Å²) in [6, 6.07) is 5.12. The fraction of sp³-hybridized carbons (Fsp3) is 0.100. The zero-order chi connectivity index (χ0) is 9.80. The van der Waals surface area contributed by atoms with Crippen LogP contribution in [0.15, 0.2) is 43.1 Å². The van der Waals surface area contributed by atoms with E-state index in [1.54, 1.807) is 29.5 Å². The summed E-state index contributed by atoms with van der Waals surface area (Å²) in [6.45, 7) is 0. The van der Waals surface area contributed by atoms with Crippen LogP contribution in [0.25, 0.3) is 0 Å².